The first-order valence-corrected chi connectivity index (χ1v) is 4.12. The molecule has 1 aliphatic heterocycles. The number of rotatable bonds is 1. The molecule has 5 heteroatoms. The average molecular weight is 195 g/mol. The van der Waals surface area contributed by atoms with Gasteiger partial charge in [0, 0.05) is 18.2 Å². The quantitative estimate of drug-likeness (QED) is 0.387. The summed E-state index contributed by atoms with van der Waals surface area (Å²) in [6.45, 7) is 0. The Morgan fingerprint density at radius 3 is 2.64 bits per heavy atom. The predicted molar refractivity (Wildman–Crippen MR) is 48.5 cm³/mol. The normalized spacial score (nSPS) is 18.7. The lowest BCUT2D eigenvalue weighted by Gasteiger charge is -2.04. The molecule has 0 bridgehead atoms. The third-order valence-corrected chi connectivity index (χ3v) is 2.25. The zero-order valence-corrected chi connectivity index (χ0v) is 7.19. The van der Waals surface area contributed by atoms with Gasteiger partial charge in [-0.05, 0) is 11.6 Å². The van der Waals surface area contributed by atoms with Crippen molar-refractivity contribution in [3.05, 3.63) is 17.7 Å². The topological polar surface area (TPSA) is 89.8 Å². The van der Waals surface area contributed by atoms with Crippen LogP contribution in [0.15, 0.2) is 12.1 Å². The largest absolute Gasteiger partial charge is 0.504 e. The van der Waals surface area contributed by atoms with Gasteiger partial charge in [-0.15, -0.1) is 0 Å². The van der Waals surface area contributed by atoms with Gasteiger partial charge in [0.1, 0.15) is 6.04 Å². The summed E-state index contributed by atoms with van der Waals surface area (Å²) >= 11 is 0. The zero-order chi connectivity index (χ0) is 10.3. The zero-order valence-electron chi connectivity index (χ0n) is 7.19. The van der Waals surface area contributed by atoms with Crippen LogP contribution in [0.4, 0.5) is 5.69 Å². The number of phenols is 2. The molecule has 0 saturated heterocycles. The SMILES string of the molecule is O=C(O)C1Cc2cc(O)c(O)cc2N1. The Bertz CT molecular complexity index is 371. The summed E-state index contributed by atoms with van der Waals surface area (Å²) in [7, 11) is 0. The smallest absolute Gasteiger partial charge is 0.326 e. The van der Waals surface area contributed by atoms with Crippen molar-refractivity contribution in [2.45, 2.75) is 12.5 Å². The maximum Gasteiger partial charge on any atom is 0.326 e. The van der Waals surface area contributed by atoms with Crippen molar-refractivity contribution < 1.29 is 20.1 Å². The van der Waals surface area contributed by atoms with Gasteiger partial charge in [-0.25, -0.2) is 4.79 Å². The van der Waals surface area contributed by atoms with E-state index in [0.717, 1.165) is 0 Å². The fraction of sp³-hybridized carbons (Fsp3) is 0.222. The molecule has 4 N–H and O–H groups in total. The molecule has 5 nitrogen and oxygen atoms in total. The fourth-order valence-corrected chi connectivity index (χ4v) is 1.53. The molecule has 1 aromatic carbocycles. The first kappa shape index (κ1) is 8.68. The van der Waals surface area contributed by atoms with Crippen LogP contribution in [0, 0.1) is 0 Å². The van der Waals surface area contributed by atoms with Crippen molar-refractivity contribution in [1.82, 2.24) is 0 Å². The predicted octanol–water partition coefficient (Wildman–Crippen LogP) is 0.519. The molecule has 1 atom stereocenters. The van der Waals surface area contributed by atoms with Crippen molar-refractivity contribution in [1.29, 1.82) is 0 Å². The maximum atomic E-state index is 10.7. The Hall–Kier alpha value is -1.91. The second-order valence-electron chi connectivity index (χ2n) is 3.24. The van der Waals surface area contributed by atoms with Gasteiger partial charge >= 0.3 is 5.97 Å². The highest BCUT2D eigenvalue weighted by atomic mass is 16.4. The monoisotopic (exact) mass is 195 g/mol. The van der Waals surface area contributed by atoms with Crippen LogP contribution in [0.1, 0.15) is 5.56 Å². The van der Waals surface area contributed by atoms with E-state index in [0.29, 0.717) is 17.7 Å². The Morgan fingerprint density at radius 2 is 2.00 bits per heavy atom. The van der Waals surface area contributed by atoms with E-state index in [4.69, 9.17) is 5.11 Å². The second-order valence-corrected chi connectivity index (χ2v) is 3.24. The summed E-state index contributed by atoms with van der Waals surface area (Å²) < 4.78 is 0. The Balaban J connectivity index is 2.36. The summed E-state index contributed by atoms with van der Waals surface area (Å²) in [5.41, 5.74) is 1.26. The lowest BCUT2D eigenvalue weighted by Crippen LogP contribution is -2.26. The minimum Gasteiger partial charge on any atom is -0.504 e. The van der Waals surface area contributed by atoms with Crippen molar-refractivity contribution in [3.63, 3.8) is 0 Å². The average Bonchev–Trinajstić information content (AvgIpc) is 2.48. The van der Waals surface area contributed by atoms with Crippen LogP contribution in [-0.2, 0) is 11.2 Å². The molecule has 74 valence electrons. The van der Waals surface area contributed by atoms with Crippen LogP contribution in [0.3, 0.4) is 0 Å². The number of phenolic OH excluding ortho intramolecular Hbond substituents is 2. The van der Waals surface area contributed by atoms with E-state index in [2.05, 4.69) is 5.32 Å². The van der Waals surface area contributed by atoms with Gasteiger partial charge in [0.05, 0.1) is 0 Å². The van der Waals surface area contributed by atoms with Crippen LogP contribution in [0.25, 0.3) is 0 Å². The molecule has 1 aromatic rings. The van der Waals surface area contributed by atoms with Gasteiger partial charge in [-0.3, -0.25) is 0 Å². The molecular weight excluding hydrogens is 186 g/mol. The number of carboxylic acids is 1. The summed E-state index contributed by atoms with van der Waals surface area (Å²) in [6, 6.07) is 2.03. The highest BCUT2D eigenvalue weighted by Crippen LogP contribution is 2.35. The van der Waals surface area contributed by atoms with E-state index in [1.807, 2.05) is 0 Å². The highest BCUT2D eigenvalue weighted by molar-refractivity contribution is 5.82. The summed E-state index contributed by atoms with van der Waals surface area (Å²) in [5, 5.41) is 29.8. The van der Waals surface area contributed by atoms with E-state index < -0.39 is 12.0 Å². The van der Waals surface area contributed by atoms with Crippen molar-refractivity contribution in [3.8, 4) is 11.5 Å². The van der Waals surface area contributed by atoms with E-state index in [-0.39, 0.29) is 11.5 Å². The number of hydrogen-bond acceptors (Lipinski definition) is 4. The number of hydrogen-bond donors (Lipinski definition) is 4. The first-order valence-electron chi connectivity index (χ1n) is 4.12. The fourth-order valence-electron chi connectivity index (χ4n) is 1.53. The van der Waals surface area contributed by atoms with Gasteiger partial charge in [0.2, 0.25) is 0 Å². The summed E-state index contributed by atoms with van der Waals surface area (Å²) in [5.74, 6) is -1.42. The van der Waals surface area contributed by atoms with E-state index >= 15 is 0 Å². The summed E-state index contributed by atoms with van der Waals surface area (Å²) in [6.07, 6.45) is 0.318. The van der Waals surface area contributed by atoms with Crippen molar-refractivity contribution in [2.24, 2.45) is 0 Å². The first-order chi connectivity index (χ1) is 6.58. The molecule has 0 amide bonds. The van der Waals surface area contributed by atoms with Gasteiger partial charge in [0.25, 0.3) is 0 Å². The Labute approximate surface area is 79.6 Å². The number of carboxylic acid groups (broad SMARTS) is 1. The second kappa shape index (κ2) is 2.80. The molecule has 1 unspecified atom stereocenters. The Morgan fingerprint density at radius 1 is 1.36 bits per heavy atom. The van der Waals surface area contributed by atoms with E-state index in [9.17, 15) is 15.0 Å². The Kier molecular flexibility index (Phi) is 1.73. The van der Waals surface area contributed by atoms with E-state index in [1.165, 1.54) is 12.1 Å². The van der Waals surface area contributed by atoms with Gasteiger partial charge in [-0.2, -0.15) is 0 Å². The molecule has 0 aromatic heterocycles. The molecule has 1 heterocycles. The molecule has 0 fully saturated rings. The number of anilines is 1. The van der Waals surface area contributed by atoms with Crippen molar-refractivity contribution in [2.75, 3.05) is 5.32 Å². The molecule has 14 heavy (non-hydrogen) atoms. The number of aromatic hydroxyl groups is 2. The molecule has 0 saturated carbocycles. The third kappa shape index (κ3) is 1.22. The number of fused-ring (bicyclic) bond motifs is 1. The molecule has 0 aliphatic carbocycles. The number of aliphatic carboxylic acids is 1. The number of nitrogens with one attached hydrogen (secondary N) is 1. The summed E-state index contributed by atoms with van der Waals surface area (Å²) in [4.78, 5) is 10.7. The minimum atomic E-state index is -0.944. The van der Waals surface area contributed by atoms with Crippen LogP contribution >= 0.6 is 0 Å². The molecular formula is C9H9NO4. The third-order valence-electron chi connectivity index (χ3n) is 2.25. The molecule has 0 spiro atoms. The standard InChI is InChI=1S/C9H9NO4/c11-7-2-4-1-6(9(13)14)10-5(4)3-8(7)12/h2-3,6,10-12H,1H2,(H,13,14). The van der Waals surface area contributed by atoms with Gasteiger partial charge in [-0.1, -0.05) is 0 Å². The van der Waals surface area contributed by atoms with Gasteiger partial charge < -0.3 is 20.6 Å². The molecule has 2 rings (SSSR count). The number of benzene rings is 1. The number of carbonyl (C=O) groups is 1. The van der Waals surface area contributed by atoms with Crippen LogP contribution in [-0.4, -0.2) is 27.3 Å². The minimum absolute atomic E-state index is 0.225. The van der Waals surface area contributed by atoms with Crippen LogP contribution in [0.5, 0.6) is 11.5 Å². The van der Waals surface area contributed by atoms with Crippen LogP contribution < -0.4 is 5.32 Å². The van der Waals surface area contributed by atoms with Crippen molar-refractivity contribution >= 4 is 11.7 Å². The molecule has 1 aliphatic rings. The molecule has 0 radical (unpaired) electrons. The van der Waals surface area contributed by atoms with Gasteiger partial charge in [0.15, 0.2) is 11.5 Å². The maximum absolute atomic E-state index is 10.7. The van der Waals surface area contributed by atoms with Crippen LogP contribution in [0.2, 0.25) is 0 Å². The lowest BCUT2D eigenvalue weighted by molar-refractivity contribution is -0.137. The lowest BCUT2D eigenvalue weighted by atomic mass is 10.1. The highest BCUT2D eigenvalue weighted by Gasteiger charge is 2.27. The van der Waals surface area contributed by atoms with E-state index in [1.54, 1.807) is 0 Å².